The number of rotatable bonds is 1. The molecule has 0 fully saturated rings. The molecule has 1 aromatic heterocycles. The van der Waals surface area contributed by atoms with Crippen LogP contribution < -0.4 is 11.3 Å². The molecule has 0 saturated carbocycles. The van der Waals surface area contributed by atoms with Crippen molar-refractivity contribution in [2.75, 3.05) is 5.73 Å². The van der Waals surface area contributed by atoms with Gasteiger partial charge in [0.1, 0.15) is 0 Å². The molecule has 0 saturated heterocycles. The Balaban J connectivity index is 3.39. The summed E-state index contributed by atoms with van der Waals surface area (Å²) in [5.41, 5.74) is 5.09. The van der Waals surface area contributed by atoms with E-state index in [9.17, 15) is 9.90 Å². The number of nitrogens with zero attached hydrogens (tertiary/aromatic N) is 1. The van der Waals surface area contributed by atoms with Crippen molar-refractivity contribution in [2.45, 2.75) is 19.8 Å². The van der Waals surface area contributed by atoms with Gasteiger partial charge in [0.25, 0.3) is 5.56 Å². The monoisotopic (exact) mass is 169 g/mol. The van der Waals surface area contributed by atoms with Crippen molar-refractivity contribution in [2.24, 2.45) is 0 Å². The lowest BCUT2D eigenvalue weighted by Gasteiger charge is -2.05. The molecule has 0 aliphatic rings. The van der Waals surface area contributed by atoms with Crippen LogP contribution in [0.2, 0.25) is 0 Å². The quantitative estimate of drug-likeness (QED) is 0.559. The fourth-order valence-electron chi connectivity index (χ4n) is 1.01. The maximum atomic E-state index is 11.2. The first-order valence-corrected chi connectivity index (χ1v) is 3.61. The van der Waals surface area contributed by atoms with E-state index in [1.807, 2.05) is 0 Å². The maximum Gasteiger partial charge on any atom is 0.259 e. The van der Waals surface area contributed by atoms with E-state index in [0.29, 0.717) is 0 Å². The number of H-pyrrole nitrogens is 1. The van der Waals surface area contributed by atoms with E-state index in [2.05, 4.69) is 9.97 Å². The lowest BCUT2D eigenvalue weighted by Crippen LogP contribution is -2.17. The van der Waals surface area contributed by atoms with Crippen LogP contribution in [0.15, 0.2) is 4.79 Å². The third-order valence-corrected chi connectivity index (χ3v) is 1.53. The topological polar surface area (TPSA) is 92.0 Å². The highest BCUT2D eigenvalue weighted by molar-refractivity contribution is 5.30. The third-order valence-electron chi connectivity index (χ3n) is 1.53. The first-order valence-electron chi connectivity index (χ1n) is 3.61. The average molecular weight is 169 g/mol. The van der Waals surface area contributed by atoms with E-state index in [1.54, 1.807) is 13.8 Å². The lowest BCUT2D eigenvalue weighted by atomic mass is 10.1. The Morgan fingerprint density at radius 2 is 2.17 bits per heavy atom. The van der Waals surface area contributed by atoms with Gasteiger partial charge >= 0.3 is 0 Å². The Kier molecular flexibility index (Phi) is 2.03. The van der Waals surface area contributed by atoms with E-state index < -0.39 is 0 Å². The van der Waals surface area contributed by atoms with Crippen molar-refractivity contribution in [3.05, 3.63) is 15.9 Å². The molecule has 1 aromatic rings. The molecule has 0 spiro atoms. The summed E-state index contributed by atoms with van der Waals surface area (Å²) in [5.74, 6) is -0.421. The number of aromatic hydroxyl groups is 1. The number of anilines is 1. The molecule has 0 amide bonds. The first kappa shape index (κ1) is 8.58. The minimum absolute atomic E-state index is 0.0677. The van der Waals surface area contributed by atoms with Gasteiger partial charge in [0.2, 0.25) is 11.8 Å². The number of hydrogen-bond donors (Lipinski definition) is 3. The second kappa shape index (κ2) is 2.84. The van der Waals surface area contributed by atoms with Crippen LogP contribution in [0, 0.1) is 0 Å². The van der Waals surface area contributed by atoms with Crippen molar-refractivity contribution >= 4 is 5.95 Å². The molecule has 12 heavy (non-hydrogen) atoms. The summed E-state index contributed by atoms with van der Waals surface area (Å²) in [7, 11) is 0. The Morgan fingerprint density at radius 3 is 2.58 bits per heavy atom. The van der Waals surface area contributed by atoms with Gasteiger partial charge in [-0.05, 0) is 5.92 Å². The fraction of sp³-hybridized carbons (Fsp3) is 0.429. The molecular formula is C7H11N3O2. The van der Waals surface area contributed by atoms with Crippen LogP contribution in [0.1, 0.15) is 25.3 Å². The maximum absolute atomic E-state index is 11.2. The number of nitrogens with two attached hydrogens (primary N) is 1. The summed E-state index contributed by atoms with van der Waals surface area (Å²) in [6.07, 6.45) is 0. The van der Waals surface area contributed by atoms with Crippen molar-refractivity contribution in [3.63, 3.8) is 0 Å². The van der Waals surface area contributed by atoms with Gasteiger partial charge in [-0.25, -0.2) is 0 Å². The van der Waals surface area contributed by atoms with Gasteiger partial charge in [0.05, 0.1) is 5.56 Å². The number of nitrogens with one attached hydrogen (secondary N) is 1. The van der Waals surface area contributed by atoms with Gasteiger partial charge in [-0.2, -0.15) is 4.98 Å². The van der Waals surface area contributed by atoms with E-state index in [-0.39, 0.29) is 28.9 Å². The smallest absolute Gasteiger partial charge is 0.259 e. The van der Waals surface area contributed by atoms with E-state index in [4.69, 9.17) is 5.73 Å². The van der Waals surface area contributed by atoms with Gasteiger partial charge < -0.3 is 10.8 Å². The van der Waals surface area contributed by atoms with Gasteiger partial charge in [-0.3, -0.25) is 9.78 Å². The molecule has 0 atom stereocenters. The lowest BCUT2D eigenvalue weighted by molar-refractivity contribution is 0.440. The molecule has 1 heterocycles. The van der Waals surface area contributed by atoms with Gasteiger partial charge in [0.15, 0.2) is 0 Å². The summed E-state index contributed by atoms with van der Waals surface area (Å²) in [6.45, 7) is 3.59. The van der Waals surface area contributed by atoms with E-state index in [1.165, 1.54) is 0 Å². The van der Waals surface area contributed by atoms with Crippen LogP contribution >= 0.6 is 0 Å². The highest BCUT2D eigenvalue weighted by atomic mass is 16.3. The number of aromatic nitrogens is 2. The predicted octanol–water partition coefficient (Wildman–Crippen LogP) is 0.181. The van der Waals surface area contributed by atoms with Gasteiger partial charge in [-0.15, -0.1) is 0 Å². The summed E-state index contributed by atoms with van der Waals surface area (Å²) in [6, 6.07) is 0. The number of aromatic amines is 1. The van der Waals surface area contributed by atoms with Crippen molar-refractivity contribution < 1.29 is 5.11 Å². The largest absolute Gasteiger partial charge is 0.493 e. The van der Waals surface area contributed by atoms with Gasteiger partial charge in [0, 0.05) is 0 Å². The molecule has 1 rings (SSSR count). The third kappa shape index (κ3) is 1.39. The van der Waals surface area contributed by atoms with Crippen LogP contribution in [0.5, 0.6) is 5.88 Å². The molecule has 5 nitrogen and oxygen atoms in total. The van der Waals surface area contributed by atoms with Crippen LogP contribution in [-0.2, 0) is 0 Å². The van der Waals surface area contributed by atoms with Crippen molar-refractivity contribution in [1.82, 2.24) is 9.97 Å². The molecule has 0 aromatic carbocycles. The summed E-state index contributed by atoms with van der Waals surface area (Å²) >= 11 is 0. The molecule has 66 valence electrons. The Bertz CT molecular complexity index is 343. The zero-order valence-electron chi connectivity index (χ0n) is 6.96. The normalized spacial score (nSPS) is 10.6. The van der Waals surface area contributed by atoms with Crippen LogP contribution in [0.4, 0.5) is 5.95 Å². The Labute approximate surface area is 69.3 Å². The molecule has 4 N–H and O–H groups in total. The molecule has 5 heteroatoms. The van der Waals surface area contributed by atoms with Crippen LogP contribution in [0.3, 0.4) is 0 Å². The molecule has 0 aliphatic heterocycles. The molecular weight excluding hydrogens is 158 g/mol. The van der Waals surface area contributed by atoms with Gasteiger partial charge in [-0.1, -0.05) is 13.8 Å². The van der Waals surface area contributed by atoms with Crippen molar-refractivity contribution in [3.8, 4) is 5.88 Å². The standard InChI is InChI=1S/C7H11N3O2/c1-3(2)4-5(11)9-7(8)10-6(4)12/h3H,1-2H3,(H4,8,9,10,11,12). The minimum Gasteiger partial charge on any atom is -0.493 e. The second-order valence-electron chi connectivity index (χ2n) is 2.84. The number of nitrogen functional groups attached to an aromatic ring is 1. The van der Waals surface area contributed by atoms with E-state index >= 15 is 0 Å². The highest BCUT2D eigenvalue weighted by Gasteiger charge is 2.12. The highest BCUT2D eigenvalue weighted by Crippen LogP contribution is 2.18. The first-order chi connectivity index (χ1) is 5.52. The SMILES string of the molecule is CC(C)c1c(O)nc(N)[nH]c1=O. The Morgan fingerprint density at radius 1 is 1.58 bits per heavy atom. The van der Waals surface area contributed by atoms with E-state index in [0.717, 1.165) is 0 Å². The van der Waals surface area contributed by atoms with Crippen molar-refractivity contribution in [1.29, 1.82) is 0 Å². The fourth-order valence-corrected chi connectivity index (χ4v) is 1.01. The summed E-state index contributed by atoms with van der Waals surface area (Å²) < 4.78 is 0. The molecule has 0 unspecified atom stereocenters. The zero-order valence-corrected chi connectivity index (χ0v) is 6.96. The second-order valence-corrected chi connectivity index (χ2v) is 2.84. The summed E-state index contributed by atoms with van der Waals surface area (Å²) in [5, 5.41) is 9.23. The van der Waals surface area contributed by atoms with Crippen LogP contribution in [0.25, 0.3) is 0 Å². The average Bonchev–Trinajstić information content (AvgIpc) is 1.82. The molecule has 0 aliphatic carbocycles. The van der Waals surface area contributed by atoms with Crippen LogP contribution in [-0.4, -0.2) is 15.1 Å². The molecule has 0 bridgehead atoms. The number of hydrogen-bond acceptors (Lipinski definition) is 4. The predicted molar refractivity (Wildman–Crippen MR) is 45.0 cm³/mol. The Hall–Kier alpha value is -1.52. The minimum atomic E-state index is -0.380. The zero-order chi connectivity index (χ0) is 9.30. The molecule has 0 radical (unpaired) electrons. The summed E-state index contributed by atoms with van der Waals surface area (Å²) in [4.78, 5) is 17.0.